The number of ether oxygens (including phenoxy) is 2. The van der Waals surface area contributed by atoms with Crippen molar-refractivity contribution in [2.24, 2.45) is 5.92 Å². The highest BCUT2D eigenvalue weighted by atomic mass is 16.7. The Labute approximate surface area is 199 Å². The van der Waals surface area contributed by atoms with Crippen molar-refractivity contribution in [2.45, 2.75) is 84.5 Å². The van der Waals surface area contributed by atoms with Crippen molar-refractivity contribution in [1.82, 2.24) is 30.1 Å². The molecule has 1 aromatic carbocycles. The van der Waals surface area contributed by atoms with Crippen molar-refractivity contribution in [3.63, 3.8) is 0 Å². The molecule has 3 heterocycles. The van der Waals surface area contributed by atoms with Crippen LogP contribution in [0.25, 0.3) is 10.9 Å². The van der Waals surface area contributed by atoms with Crippen molar-refractivity contribution in [3.05, 3.63) is 39.9 Å². The lowest BCUT2D eigenvalue weighted by Gasteiger charge is -2.39. The van der Waals surface area contributed by atoms with Gasteiger partial charge in [-0.05, 0) is 62.1 Å². The third-order valence-electron chi connectivity index (χ3n) is 6.94. The first-order valence-electron chi connectivity index (χ1n) is 12.2. The Morgan fingerprint density at radius 3 is 2.53 bits per heavy atom. The van der Waals surface area contributed by atoms with Crippen LogP contribution in [-0.2, 0) is 12.1 Å². The predicted molar refractivity (Wildman–Crippen MR) is 129 cm³/mol. The molecule has 1 aliphatic heterocycles. The van der Waals surface area contributed by atoms with Gasteiger partial charge in [0.2, 0.25) is 6.79 Å². The lowest BCUT2D eigenvalue weighted by atomic mass is 9.96. The molecular weight excluding hydrogens is 432 g/mol. The maximum Gasteiger partial charge on any atom is 0.252 e. The zero-order chi connectivity index (χ0) is 24.0. The molecule has 1 saturated carbocycles. The summed E-state index contributed by atoms with van der Waals surface area (Å²) in [4.78, 5) is 18.7. The molecule has 1 N–H and O–H groups in total. The van der Waals surface area contributed by atoms with Gasteiger partial charge >= 0.3 is 0 Å². The molecule has 0 bridgehead atoms. The molecule has 182 valence electrons. The summed E-state index contributed by atoms with van der Waals surface area (Å²) in [7, 11) is 0. The van der Waals surface area contributed by atoms with Crippen LogP contribution in [0.15, 0.2) is 23.0 Å². The van der Waals surface area contributed by atoms with Crippen molar-refractivity contribution in [3.8, 4) is 11.5 Å². The lowest BCUT2D eigenvalue weighted by Crippen LogP contribution is -2.42. The number of tetrazole rings is 1. The molecule has 1 atom stereocenters. The second-order valence-corrected chi connectivity index (χ2v) is 10.8. The van der Waals surface area contributed by atoms with Gasteiger partial charge in [0, 0.05) is 29.6 Å². The Balaban J connectivity index is 1.57. The third-order valence-corrected chi connectivity index (χ3v) is 6.94. The molecule has 0 saturated heterocycles. The van der Waals surface area contributed by atoms with Crippen molar-refractivity contribution in [1.29, 1.82) is 0 Å². The normalized spacial score (nSPS) is 17.4. The van der Waals surface area contributed by atoms with Gasteiger partial charge in [-0.2, -0.15) is 0 Å². The molecular formula is C25H34N6O3. The summed E-state index contributed by atoms with van der Waals surface area (Å²) in [6, 6.07) is 6.14. The highest BCUT2D eigenvalue weighted by Gasteiger charge is 2.37. The van der Waals surface area contributed by atoms with Gasteiger partial charge < -0.3 is 14.5 Å². The summed E-state index contributed by atoms with van der Waals surface area (Å²) in [6.07, 6.45) is 4.64. The van der Waals surface area contributed by atoms with Gasteiger partial charge in [-0.1, -0.05) is 26.7 Å². The van der Waals surface area contributed by atoms with Gasteiger partial charge in [-0.25, -0.2) is 4.68 Å². The number of pyridine rings is 1. The predicted octanol–water partition coefficient (Wildman–Crippen LogP) is 4.14. The number of benzene rings is 1. The number of hydrogen-bond donors (Lipinski definition) is 1. The maximum absolute atomic E-state index is 13.2. The molecule has 3 aromatic rings. The minimum absolute atomic E-state index is 0.0100. The topological polar surface area (TPSA) is 98.2 Å². The number of rotatable bonds is 6. The SMILES string of the molecule is CC(C)[C@@H](c1nnnn1C(C)(C)C)N(Cc1cc2cc3c(cc2[nH]c1=O)OCO3)C1CCCC1. The second kappa shape index (κ2) is 8.69. The summed E-state index contributed by atoms with van der Waals surface area (Å²) in [5, 5.41) is 13.8. The van der Waals surface area contributed by atoms with Crippen LogP contribution in [0.5, 0.6) is 11.5 Å². The van der Waals surface area contributed by atoms with E-state index in [4.69, 9.17) is 9.47 Å². The molecule has 2 aliphatic rings. The summed E-state index contributed by atoms with van der Waals surface area (Å²) < 4.78 is 13.0. The number of fused-ring (bicyclic) bond motifs is 2. The Bertz CT molecular complexity index is 1240. The number of nitrogens with one attached hydrogen (secondary N) is 1. The summed E-state index contributed by atoms with van der Waals surface area (Å²) in [5.74, 6) is 2.50. The van der Waals surface area contributed by atoms with E-state index < -0.39 is 0 Å². The summed E-state index contributed by atoms with van der Waals surface area (Å²) in [5.41, 5.74) is 1.17. The fraction of sp³-hybridized carbons (Fsp3) is 0.600. The van der Waals surface area contributed by atoms with Gasteiger partial charge in [0.1, 0.15) is 0 Å². The van der Waals surface area contributed by atoms with E-state index >= 15 is 0 Å². The number of aromatic amines is 1. The number of aromatic nitrogens is 5. The molecule has 0 unspecified atom stereocenters. The van der Waals surface area contributed by atoms with E-state index in [-0.39, 0.29) is 29.9 Å². The van der Waals surface area contributed by atoms with Crippen LogP contribution >= 0.6 is 0 Å². The number of H-pyrrole nitrogens is 1. The highest BCUT2D eigenvalue weighted by molar-refractivity contribution is 5.83. The minimum Gasteiger partial charge on any atom is -0.454 e. The van der Waals surface area contributed by atoms with Gasteiger partial charge in [0.25, 0.3) is 5.56 Å². The van der Waals surface area contributed by atoms with Gasteiger partial charge in [-0.3, -0.25) is 9.69 Å². The first kappa shape index (κ1) is 22.8. The van der Waals surface area contributed by atoms with Crippen LogP contribution in [0.4, 0.5) is 0 Å². The van der Waals surface area contributed by atoms with Crippen molar-refractivity contribution >= 4 is 10.9 Å². The minimum atomic E-state index is -0.240. The van der Waals surface area contributed by atoms with E-state index in [1.54, 1.807) is 0 Å². The molecule has 0 amide bonds. The summed E-state index contributed by atoms with van der Waals surface area (Å²) in [6.45, 7) is 11.5. The molecule has 2 aromatic heterocycles. The molecule has 34 heavy (non-hydrogen) atoms. The third kappa shape index (κ3) is 4.17. The first-order valence-corrected chi connectivity index (χ1v) is 12.2. The molecule has 9 heteroatoms. The van der Waals surface area contributed by atoms with Gasteiger partial charge in [0.05, 0.1) is 17.1 Å². The fourth-order valence-electron chi connectivity index (χ4n) is 5.33. The van der Waals surface area contributed by atoms with Crippen LogP contribution in [0.2, 0.25) is 0 Å². The van der Waals surface area contributed by atoms with E-state index in [1.165, 1.54) is 12.8 Å². The van der Waals surface area contributed by atoms with Crippen LogP contribution in [-0.4, -0.2) is 42.9 Å². The largest absolute Gasteiger partial charge is 0.454 e. The highest BCUT2D eigenvalue weighted by Crippen LogP contribution is 2.38. The Hall–Kier alpha value is -2.94. The maximum atomic E-state index is 13.2. The van der Waals surface area contributed by atoms with E-state index in [0.717, 1.165) is 35.1 Å². The van der Waals surface area contributed by atoms with Crippen LogP contribution < -0.4 is 15.0 Å². The van der Waals surface area contributed by atoms with Crippen LogP contribution in [0, 0.1) is 5.92 Å². The van der Waals surface area contributed by atoms with Crippen LogP contribution in [0.1, 0.15) is 77.7 Å². The van der Waals surface area contributed by atoms with Crippen LogP contribution in [0.3, 0.4) is 0 Å². The zero-order valence-corrected chi connectivity index (χ0v) is 20.7. The van der Waals surface area contributed by atoms with E-state index in [0.29, 0.717) is 24.1 Å². The van der Waals surface area contributed by atoms with E-state index in [1.807, 2.05) is 22.9 Å². The average molecular weight is 467 g/mol. The fourth-order valence-corrected chi connectivity index (χ4v) is 5.33. The molecule has 9 nitrogen and oxygen atoms in total. The first-order chi connectivity index (χ1) is 16.2. The zero-order valence-electron chi connectivity index (χ0n) is 20.7. The van der Waals surface area contributed by atoms with E-state index in [9.17, 15) is 4.79 Å². The van der Waals surface area contributed by atoms with Crippen molar-refractivity contribution < 1.29 is 9.47 Å². The average Bonchev–Trinajstić information content (AvgIpc) is 3.52. The van der Waals surface area contributed by atoms with Crippen molar-refractivity contribution in [2.75, 3.05) is 6.79 Å². The number of hydrogen-bond acceptors (Lipinski definition) is 7. The molecule has 0 spiro atoms. The van der Waals surface area contributed by atoms with E-state index in [2.05, 4.69) is 60.0 Å². The Morgan fingerprint density at radius 1 is 1.15 bits per heavy atom. The molecule has 5 rings (SSSR count). The number of nitrogens with zero attached hydrogens (tertiary/aromatic N) is 5. The molecule has 0 radical (unpaired) electrons. The molecule has 1 aliphatic carbocycles. The smallest absolute Gasteiger partial charge is 0.252 e. The standard InChI is InChI=1S/C25H34N6O3/c1-15(2)22(23-27-28-29-31(23)25(3,4)5)30(18-8-6-7-9-18)13-17-10-16-11-20-21(34-14-33-20)12-19(16)26-24(17)32/h10-12,15,18,22H,6-9,13-14H2,1-5H3,(H,26,32)/t22-/m0/s1. The molecule has 1 fully saturated rings. The summed E-state index contributed by atoms with van der Waals surface area (Å²) >= 11 is 0. The van der Waals surface area contributed by atoms with Gasteiger partial charge in [-0.15, -0.1) is 5.10 Å². The quantitative estimate of drug-likeness (QED) is 0.583. The lowest BCUT2D eigenvalue weighted by molar-refractivity contribution is 0.0802. The monoisotopic (exact) mass is 466 g/mol. The Morgan fingerprint density at radius 2 is 1.85 bits per heavy atom. The second-order valence-electron chi connectivity index (χ2n) is 10.8. The van der Waals surface area contributed by atoms with Gasteiger partial charge in [0.15, 0.2) is 17.3 Å². The Kier molecular flexibility index (Phi) is 5.83.